The van der Waals surface area contributed by atoms with E-state index >= 15 is 0 Å². The molecule has 8 nitrogen and oxygen atoms in total. The number of aliphatic hydroxyl groups is 1. The SMILES string of the molecule is CCCN1CC=C[C@]2(C)O[C@]34C=CCN(C(C)C)C(=O)C3N(CCCCCCO)C(=O)[C@@H]4[C@@H]2C1=O. The third-order valence-corrected chi connectivity index (χ3v) is 8.10. The van der Waals surface area contributed by atoms with Crippen LogP contribution >= 0.6 is 0 Å². The molecule has 1 spiro atoms. The van der Waals surface area contributed by atoms with E-state index in [2.05, 4.69) is 0 Å². The molecule has 0 radical (unpaired) electrons. The maximum atomic E-state index is 14.1. The Morgan fingerprint density at radius 2 is 1.69 bits per heavy atom. The molecule has 2 saturated heterocycles. The fourth-order valence-corrected chi connectivity index (χ4v) is 6.51. The van der Waals surface area contributed by atoms with Gasteiger partial charge in [0, 0.05) is 38.8 Å². The number of unbranched alkanes of at least 4 members (excludes halogenated alkanes) is 3. The molecular formula is C27H41N3O5. The summed E-state index contributed by atoms with van der Waals surface area (Å²) in [6.45, 7) is 10.1. The highest BCUT2D eigenvalue weighted by Crippen LogP contribution is 2.57. The van der Waals surface area contributed by atoms with Gasteiger partial charge in [-0.15, -0.1) is 0 Å². The first-order valence-electron chi connectivity index (χ1n) is 13.3. The van der Waals surface area contributed by atoms with Crippen LogP contribution in [0, 0.1) is 11.8 Å². The molecule has 194 valence electrons. The molecule has 1 unspecified atom stereocenters. The van der Waals surface area contributed by atoms with Crippen molar-refractivity contribution in [1.82, 2.24) is 14.7 Å². The number of hydrogen-bond acceptors (Lipinski definition) is 5. The van der Waals surface area contributed by atoms with E-state index in [1.807, 2.05) is 56.9 Å². The Hall–Kier alpha value is -2.19. The second-order valence-corrected chi connectivity index (χ2v) is 10.8. The predicted octanol–water partition coefficient (Wildman–Crippen LogP) is 2.13. The van der Waals surface area contributed by atoms with Crippen LogP contribution in [-0.4, -0.2) is 93.6 Å². The lowest BCUT2D eigenvalue weighted by atomic mass is 9.74. The smallest absolute Gasteiger partial charge is 0.249 e. The highest BCUT2D eigenvalue weighted by molar-refractivity contribution is 6.00. The number of amides is 3. The van der Waals surface area contributed by atoms with E-state index in [1.165, 1.54) is 0 Å². The van der Waals surface area contributed by atoms with Crippen LogP contribution in [0.15, 0.2) is 24.3 Å². The molecule has 0 saturated carbocycles. The van der Waals surface area contributed by atoms with Crippen molar-refractivity contribution in [2.45, 2.75) is 83.1 Å². The summed E-state index contributed by atoms with van der Waals surface area (Å²) in [4.78, 5) is 47.3. The minimum atomic E-state index is -1.17. The maximum Gasteiger partial charge on any atom is 0.249 e. The molecule has 4 aliphatic rings. The number of nitrogens with zero attached hydrogens (tertiary/aromatic N) is 3. The lowest BCUT2D eigenvalue weighted by molar-refractivity contribution is -0.153. The molecule has 0 aromatic rings. The molecular weight excluding hydrogens is 446 g/mol. The average Bonchev–Trinajstić information content (AvgIpc) is 3.07. The van der Waals surface area contributed by atoms with Gasteiger partial charge in [0.1, 0.15) is 11.6 Å². The predicted molar refractivity (Wildman–Crippen MR) is 132 cm³/mol. The highest BCUT2D eigenvalue weighted by atomic mass is 16.5. The van der Waals surface area contributed by atoms with Crippen molar-refractivity contribution in [1.29, 1.82) is 0 Å². The zero-order valence-corrected chi connectivity index (χ0v) is 21.6. The van der Waals surface area contributed by atoms with Crippen LogP contribution in [0.5, 0.6) is 0 Å². The average molecular weight is 488 g/mol. The molecule has 2 fully saturated rings. The fourth-order valence-electron chi connectivity index (χ4n) is 6.51. The molecule has 0 aromatic carbocycles. The summed E-state index contributed by atoms with van der Waals surface area (Å²) in [6.07, 6.45) is 11.8. The van der Waals surface area contributed by atoms with Crippen LogP contribution < -0.4 is 0 Å². The minimum absolute atomic E-state index is 0.0214. The summed E-state index contributed by atoms with van der Waals surface area (Å²) in [5.41, 5.74) is -2.12. The van der Waals surface area contributed by atoms with Crippen molar-refractivity contribution in [3.63, 3.8) is 0 Å². The molecule has 5 atom stereocenters. The zero-order chi connectivity index (χ0) is 25.4. The molecule has 4 heterocycles. The summed E-state index contributed by atoms with van der Waals surface area (Å²) < 4.78 is 6.81. The first-order chi connectivity index (χ1) is 16.7. The summed E-state index contributed by atoms with van der Waals surface area (Å²) in [5, 5.41) is 9.09. The van der Waals surface area contributed by atoms with Gasteiger partial charge in [-0.3, -0.25) is 14.4 Å². The quantitative estimate of drug-likeness (QED) is 0.398. The van der Waals surface area contributed by atoms with Crippen molar-refractivity contribution in [3.8, 4) is 0 Å². The topological polar surface area (TPSA) is 90.4 Å². The number of ether oxygens (including phenoxy) is 1. The number of hydrogen-bond donors (Lipinski definition) is 1. The van der Waals surface area contributed by atoms with Gasteiger partial charge < -0.3 is 24.5 Å². The van der Waals surface area contributed by atoms with Crippen molar-refractivity contribution >= 4 is 17.7 Å². The van der Waals surface area contributed by atoms with Crippen molar-refractivity contribution < 1.29 is 24.2 Å². The monoisotopic (exact) mass is 487 g/mol. The number of rotatable bonds is 9. The molecule has 4 aliphatic heterocycles. The second kappa shape index (κ2) is 10.1. The van der Waals surface area contributed by atoms with E-state index in [4.69, 9.17) is 9.84 Å². The van der Waals surface area contributed by atoms with Crippen molar-refractivity contribution in [2.24, 2.45) is 11.8 Å². The first kappa shape index (κ1) is 25.9. The third kappa shape index (κ3) is 4.22. The zero-order valence-electron chi connectivity index (χ0n) is 21.6. The molecule has 0 aromatic heterocycles. The van der Waals surface area contributed by atoms with Gasteiger partial charge in [-0.1, -0.05) is 44.1 Å². The van der Waals surface area contributed by atoms with Crippen LogP contribution in [0.2, 0.25) is 0 Å². The number of carbonyl (C=O) groups is 3. The van der Waals surface area contributed by atoms with Gasteiger partial charge in [-0.25, -0.2) is 0 Å². The molecule has 0 aliphatic carbocycles. The number of aliphatic hydroxyl groups excluding tert-OH is 1. The number of carbonyl (C=O) groups excluding carboxylic acids is 3. The van der Waals surface area contributed by atoms with E-state index in [1.54, 1.807) is 9.80 Å². The Labute approximate surface area is 208 Å². The number of likely N-dealkylation sites (tertiary alicyclic amines) is 1. The van der Waals surface area contributed by atoms with Crippen molar-refractivity contribution in [3.05, 3.63) is 24.3 Å². The van der Waals surface area contributed by atoms with Gasteiger partial charge in [-0.2, -0.15) is 0 Å². The van der Waals surface area contributed by atoms with E-state index in [9.17, 15) is 14.4 Å². The Morgan fingerprint density at radius 3 is 2.37 bits per heavy atom. The van der Waals surface area contributed by atoms with Gasteiger partial charge in [0.05, 0.1) is 17.4 Å². The van der Waals surface area contributed by atoms with E-state index in [0.29, 0.717) is 26.2 Å². The van der Waals surface area contributed by atoms with Gasteiger partial charge in [0.2, 0.25) is 17.7 Å². The van der Waals surface area contributed by atoms with E-state index in [0.717, 1.165) is 32.1 Å². The van der Waals surface area contributed by atoms with Crippen LogP contribution in [0.1, 0.15) is 59.8 Å². The third-order valence-electron chi connectivity index (χ3n) is 8.10. The molecule has 3 amide bonds. The van der Waals surface area contributed by atoms with Crippen LogP contribution in [0.4, 0.5) is 0 Å². The minimum Gasteiger partial charge on any atom is -0.396 e. The van der Waals surface area contributed by atoms with Gasteiger partial charge in [-0.05, 0) is 40.0 Å². The molecule has 0 bridgehead atoms. The highest BCUT2D eigenvalue weighted by Gasteiger charge is 2.74. The standard InChI is InChI=1S/C27H41N3O5/c1-5-14-28-15-10-12-26(4)20(23(28)32)21-24(33)30(16-8-6-7-9-18-31)22-25(34)29(19(2)3)17-11-13-27(21,22)35-26/h10-13,19-22,31H,5-9,14-18H2,1-4H3/t20-,21+,22?,26+,27+/m1/s1. The van der Waals surface area contributed by atoms with Crippen LogP contribution in [0.3, 0.4) is 0 Å². The molecule has 8 heteroatoms. The van der Waals surface area contributed by atoms with E-state index in [-0.39, 0.29) is 30.4 Å². The van der Waals surface area contributed by atoms with Gasteiger partial charge >= 0.3 is 0 Å². The Kier molecular flexibility index (Phi) is 7.44. The maximum absolute atomic E-state index is 14.1. The summed E-state index contributed by atoms with van der Waals surface area (Å²) in [6, 6.07) is -0.810. The molecule has 35 heavy (non-hydrogen) atoms. The molecule has 1 N–H and O–H groups in total. The van der Waals surface area contributed by atoms with Crippen LogP contribution in [-0.2, 0) is 19.1 Å². The Balaban J connectivity index is 1.75. The first-order valence-corrected chi connectivity index (χ1v) is 13.3. The number of fused-ring (bicyclic) bond motifs is 2. The summed E-state index contributed by atoms with van der Waals surface area (Å²) in [5.74, 6) is -1.75. The summed E-state index contributed by atoms with van der Waals surface area (Å²) >= 11 is 0. The largest absolute Gasteiger partial charge is 0.396 e. The molecule has 4 rings (SSSR count). The van der Waals surface area contributed by atoms with E-state index < -0.39 is 29.1 Å². The fraction of sp³-hybridized carbons (Fsp3) is 0.741. The van der Waals surface area contributed by atoms with Crippen molar-refractivity contribution in [2.75, 3.05) is 32.8 Å². The lowest BCUT2D eigenvalue weighted by Crippen LogP contribution is -2.57. The second-order valence-electron chi connectivity index (χ2n) is 10.8. The Bertz CT molecular complexity index is 901. The van der Waals surface area contributed by atoms with Gasteiger partial charge in [0.25, 0.3) is 0 Å². The Morgan fingerprint density at radius 1 is 0.971 bits per heavy atom. The van der Waals surface area contributed by atoms with Gasteiger partial charge in [0.15, 0.2) is 0 Å². The lowest BCUT2D eigenvalue weighted by Gasteiger charge is -2.38. The normalized spacial score (nSPS) is 34.4. The van der Waals surface area contributed by atoms with Crippen LogP contribution in [0.25, 0.3) is 0 Å². The summed E-state index contributed by atoms with van der Waals surface area (Å²) in [7, 11) is 0.